The summed E-state index contributed by atoms with van der Waals surface area (Å²) in [5.41, 5.74) is 1.76. The third-order valence-corrected chi connectivity index (χ3v) is 3.64. The van der Waals surface area contributed by atoms with Crippen molar-refractivity contribution in [3.63, 3.8) is 0 Å². The molecule has 0 N–H and O–H groups in total. The number of hydrogen-bond acceptors (Lipinski definition) is 1. The van der Waals surface area contributed by atoms with E-state index in [0.29, 0.717) is 11.4 Å². The van der Waals surface area contributed by atoms with Gasteiger partial charge < -0.3 is 4.90 Å². The van der Waals surface area contributed by atoms with Crippen molar-refractivity contribution in [2.24, 2.45) is 0 Å². The summed E-state index contributed by atoms with van der Waals surface area (Å²) in [5, 5.41) is 0.548. The van der Waals surface area contributed by atoms with Crippen LogP contribution in [0.5, 0.6) is 0 Å². The number of nitrogens with zero attached hydrogens (tertiary/aromatic N) is 1. The molecule has 1 heterocycles. The van der Waals surface area contributed by atoms with E-state index in [1.807, 2.05) is 6.07 Å². The van der Waals surface area contributed by atoms with Gasteiger partial charge in [-0.25, -0.2) is 0 Å². The summed E-state index contributed by atoms with van der Waals surface area (Å²) in [6.07, 6.45) is -4.43. The van der Waals surface area contributed by atoms with Gasteiger partial charge in [-0.15, -0.1) is 0 Å². The second-order valence-corrected chi connectivity index (χ2v) is 5.12. The molecule has 1 aromatic rings. The van der Waals surface area contributed by atoms with Crippen LogP contribution < -0.4 is 0 Å². The van der Waals surface area contributed by atoms with Crippen molar-refractivity contribution in [1.29, 1.82) is 0 Å². The lowest BCUT2D eigenvalue weighted by atomic mass is 9.95. The summed E-state index contributed by atoms with van der Waals surface area (Å²) in [7, 11) is 0. The Kier molecular flexibility index (Phi) is 3.76. The molecule has 2 nitrogen and oxygen atoms in total. The van der Waals surface area contributed by atoms with E-state index in [1.54, 1.807) is 19.1 Å². The largest absolute Gasteiger partial charge is 0.471 e. The SMILES string of the molecule is C[C@@H]1CN(C(=O)C(F)(F)F)CCc2cccc(Cl)c21. The van der Waals surface area contributed by atoms with Crippen LogP contribution in [0.2, 0.25) is 5.02 Å². The molecule has 19 heavy (non-hydrogen) atoms. The third-order valence-electron chi connectivity index (χ3n) is 3.31. The van der Waals surface area contributed by atoms with Gasteiger partial charge in [0.25, 0.3) is 0 Å². The van der Waals surface area contributed by atoms with Crippen molar-refractivity contribution in [2.45, 2.75) is 25.4 Å². The Bertz CT molecular complexity index is 501. The van der Waals surface area contributed by atoms with Gasteiger partial charge in [0.05, 0.1) is 0 Å². The molecule has 0 aromatic heterocycles. The molecular weight excluding hydrogens is 279 g/mol. The van der Waals surface area contributed by atoms with Crippen molar-refractivity contribution in [3.05, 3.63) is 34.3 Å². The predicted molar refractivity (Wildman–Crippen MR) is 66.2 cm³/mol. The Labute approximate surface area is 114 Å². The Morgan fingerprint density at radius 1 is 1.42 bits per heavy atom. The smallest absolute Gasteiger partial charge is 0.334 e. The molecular formula is C13H13ClF3NO. The molecule has 1 amide bonds. The standard InChI is InChI=1S/C13H13ClF3NO/c1-8-7-18(12(19)13(15,16)17)6-5-9-3-2-4-10(14)11(8)9/h2-4,8H,5-7H2,1H3/t8-/m1/s1. The van der Waals surface area contributed by atoms with Crippen LogP contribution in [0.4, 0.5) is 13.2 Å². The van der Waals surface area contributed by atoms with Crippen molar-refractivity contribution in [3.8, 4) is 0 Å². The lowest BCUT2D eigenvalue weighted by Gasteiger charge is -2.24. The highest BCUT2D eigenvalue weighted by atomic mass is 35.5. The zero-order chi connectivity index (χ0) is 14.2. The summed E-state index contributed by atoms with van der Waals surface area (Å²) < 4.78 is 37.5. The normalized spacial score (nSPS) is 19.8. The summed E-state index contributed by atoms with van der Waals surface area (Å²) >= 11 is 6.10. The average molecular weight is 292 g/mol. The minimum absolute atomic E-state index is 0.0368. The molecule has 6 heteroatoms. The van der Waals surface area contributed by atoms with E-state index < -0.39 is 12.1 Å². The number of amides is 1. The van der Waals surface area contributed by atoms with Gasteiger partial charge in [0, 0.05) is 24.0 Å². The van der Waals surface area contributed by atoms with Gasteiger partial charge in [-0.3, -0.25) is 4.79 Å². The number of carbonyl (C=O) groups is 1. The molecule has 0 saturated heterocycles. The van der Waals surface area contributed by atoms with Gasteiger partial charge in [-0.2, -0.15) is 13.2 Å². The molecule has 0 unspecified atom stereocenters. The van der Waals surface area contributed by atoms with Gasteiger partial charge in [-0.1, -0.05) is 30.7 Å². The molecule has 1 atom stereocenters. The Hall–Kier alpha value is -1.23. The zero-order valence-electron chi connectivity index (χ0n) is 10.3. The molecule has 0 fully saturated rings. The summed E-state index contributed by atoms with van der Waals surface area (Å²) in [5.74, 6) is -1.99. The van der Waals surface area contributed by atoms with E-state index in [0.717, 1.165) is 16.0 Å². The van der Waals surface area contributed by atoms with E-state index in [2.05, 4.69) is 0 Å². The second kappa shape index (κ2) is 5.04. The van der Waals surface area contributed by atoms with Crippen LogP contribution in [-0.2, 0) is 11.2 Å². The second-order valence-electron chi connectivity index (χ2n) is 4.71. The number of alkyl halides is 3. The van der Waals surface area contributed by atoms with Gasteiger partial charge in [0.15, 0.2) is 0 Å². The predicted octanol–water partition coefficient (Wildman–Crippen LogP) is 3.39. The van der Waals surface area contributed by atoms with Crippen LogP contribution in [0.1, 0.15) is 24.0 Å². The summed E-state index contributed by atoms with van der Waals surface area (Å²) in [4.78, 5) is 12.2. The lowest BCUT2D eigenvalue weighted by Crippen LogP contribution is -2.42. The number of fused-ring (bicyclic) bond motifs is 1. The van der Waals surface area contributed by atoms with Crippen LogP contribution >= 0.6 is 11.6 Å². The minimum atomic E-state index is -4.82. The van der Waals surface area contributed by atoms with Crippen molar-refractivity contribution < 1.29 is 18.0 Å². The van der Waals surface area contributed by atoms with Crippen LogP contribution in [0.3, 0.4) is 0 Å². The summed E-state index contributed by atoms with van der Waals surface area (Å²) in [6.45, 7) is 1.89. The van der Waals surface area contributed by atoms with E-state index in [-0.39, 0.29) is 19.0 Å². The first-order valence-electron chi connectivity index (χ1n) is 5.94. The average Bonchev–Trinajstić information content (AvgIpc) is 2.47. The zero-order valence-corrected chi connectivity index (χ0v) is 11.1. The fraction of sp³-hybridized carbons (Fsp3) is 0.462. The van der Waals surface area contributed by atoms with Crippen molar-refractivity contribution in [1.82, 2.24) is 4.90 Å². The molecule has 0 saturated carbocycles. The van der Waals surface area contributed by atoms with Gasteiger partial charge in [-0.05, 0) is 23.6 Å². The van der Waals surface area contributed by atoms with Crippen LogP contribution in [0.15, 0.2) is 18.2 Å². The van der Waals surface area contributed by atoms with E-state index in [1.165, 1.54) is 0 Å². The quantitative estimate of drug-likeness (QED) is 0.717. The van der Waals surface area contributed by atoms with Crippen LogP contribution in [0, 0.1) is 0 Å². The number of hydrogen-bond donors (Lipinski definition) is 0. The lowest BCUT2D eigenvalue weighted by molar-refractivity contribution is -0.185. The maximum atomic E-state index is 12.5. The van der Waals surface area contributed by atoms with E-state index in [4.69, 9.17) is 11.6 Å². The highest BCUT2D eigenvalue weighted by Gasteiger charge is 2.43. The molecule has 0 aliphatic carbocycles. The third kappa shape index (κ3) is 2.86. The molecule has 1 aromatic carbocycles. The van der Waals surface area contributed by atoms with Crippen molar-refractivity contribution in [2.75, 3.05) is 13.1 Å². The monoisotopic (exact) mass is 291 g/mol. The molecule has 1 aliphatic heterocycles. The first-order chi connectivity index (χ1) is 8.80. The molecule has 0 spiro atoms. The number of benzene rings is 1. The molecule has 0 bridgehead atoms. The molecule has 1 aliphatic rings. The van der Waals surface area contributed by atoms with Gasteiger partial charge in [0.1, 0.15) is 0 Å². The van der Waals surface area contributed by atoms with Crippen LogP contribution in [0.25, 0.3) is 0 Å². The molecule has 2 rings (SSSR count). The number of rotatable bonds is 0. The Morgan fingerprint density at radius 2 is 2.11 bits per heavy atom. The minimum Gasteiger partial charge on any atom is -0.334 e. The van der Waals surface area contributed by atoms with Gasteiger partial charge in [0.2, 0.25) is 0 Å². The molecule has 104 valence electrons. The first-order valence-corrected chi connectivity index (χ1v) is 6.32. The van der Waals surface area contributed by atoms with Gasteiger partial charge >= 0.3 is 12.1 Å². The fourth-order valence-corrected chi connectivity index (χ4v) is 2.86. The molecule has 0 radical (unpaired) electrons. The maximum Gasteiger partial charge on any atom is 0.471 e. The van der Waals surface area contributed by atoms with E-state index >= 15 is 0 Å². The first kappa shape index (κ1) is 14.2. The topological polar surface area (TPSA) is 20.3 Å². The highest BCUT2D eigenvalue weighted by Crippen LogP contribution is 2.32. The van der Waals surface area contributed by atoms with E-state index in [9.17, 15) is 18.0 Å². The van der Waals surface area contributed by atoms with Crippen LogP contribution in [-0.4, -0.2) is 30.1 Å². The maximum absolute atomic E-state index is 12.5. The Morgan fingerprint density at radius 3 is 2.74 bits per heavy atom. The van der Waals surface area contributed by atoms with Crippen molar-refractivity contribution >= 4 is 17.5 Å². The Balaban J connectivity index is 2.28. The summed E-state index contributed by atoms with van der Waals surface area (Å²) in [6, 6.07) is 5.34. The number of carbonyl (C=O) groups excluding carboxylic acids is 1. The highest BCUT2D eigenvalue weighted by molar-refractivity contribution is 6.31. The number of halogens is 4. The fourth-order valence-electron chi connectivity index (χ4n) is 2.48.